The Morgan fingerprint density at radius 3 is 2.70 bits per heavy atom. The van der Waals surface area contributed by atoms with Crippen LogP contribution in [0.25, 0.3) is 0 Å². The van der Waals surface area contributed by atoms with E-state index in [-0.39, 0.29) is 11.8 Å². The van der Waals surface area contributed by atoms with Crippen molar-refractivity contribution in [3.63, 3.8) is 0 Å². The molecule has 0 bridgehead atoms. The molecule has 1 aromatic carbocycles. The van der Waals surface area contributed by atoms with E-state index in [0.29, 0.717) is 18.7 Å². The Morgan fingerprint density at radius 1 is 1.30 bits per heavy atom. The first-order chi connectivity index (χ1) is 11.1. The molecule has 0 saturated carbocycles. The van der Waals surface area contributed by atoms with Gasteiger partial charge in [-0.25, -0.2) is 0 Å². The number of nitrogens with one attached hydrogen (secondary N) is 2. The van der Waals surface area contributed by atoms with Crippen LogP contribution in [0.5, 0.6) is 0 Å². The molecule has 6 nitrogen and oxygen atoms in total. The average molecular weight is 312 g/mol. The lowest BCUT2D eigenvalue weighted by Gasteiger charge is -2.31. The largest absolute Gasteiger partial charge is 0.322 e. The Kier molecular flexibility index (Phi) is 4.14. The number of nitrogens with zero attached hydrogens (tertiary/aromatic N) is 2. The van der Waals surface area contributed by atoms with Gasteiger partial charge in [0.05, 0.1) is 17.1 Å². The summed E-state index contributed by atoms with van der Waals surface area (Å²) in [5.41, 5.74) is 3.02. The van der Waals surface area contributed by atoms with Crippen molar-refractivity contribution in [3.05, 3.63) is 41.7 Å². The number of aryl methyl sites for hydroxylation is 2. The van der Waals surface area contributed by atoms with Crippen molar-refractivity contribution < 1.29 is 9.59 Å². The summed E-state index contributed by atoms with van der Waals surface area (Å²) in [7, 11) is 0. The van der Waals surface area contributed by atoms with Crippen LogP contribution in [0.15, 0.2) is 30.3 Å². The maximum Gasteiger partial charge on any atom is 0.239 e. The maximum absolute atomic E-state index is 12.7. The molecule has 1 fully saturated rings. The van der Waals surface area contributed by atoms with E-state index in [2.05, 4.69) is 15.5 Å². The van der Waals surface area contributed by atoms with Gasteiger partial charge in [-0.3, -0.25) is 14.7 Å². The standard InChI is InChI=1S/C17H20N4O2/c1-11-15(12(2)20-19-11)18-16(22)14-9-6-10-21(17(14)23)13-7-4-3-5-8-13/h3-5,7-8,14H,6,9-10H2,1-2H3,(H,18,22)(H,19,20). The Balaban J connectivity index is 1.77. The fourth-order valence-electron chi connectivity index (χ4n) is 2.93. The van der Waals surface area contributed by atoms with Crippen LogP contribution >= 0.6 is 0 Å². The van der Waals surface area contributed by atoms with Crippen molar-refractivity contribution >= 4 is 23.2 Å². The molecule has 1 aliphatic rings. The van der Waals surface area contributed by atoms with Gasteiger partial charge in [0.25, 0.3) is 0 Å². The minimum Gasteiger partial charge on any atom is -0.322 e. The number of piperidine rings is 1. The monoisotopic (exact) mass is 312 g/mol. The predicted molar refractivity (Wildman–Crippen MR) is 88.2 cm³/mol. The first-order valence-corrected chi connectivity index (χ1v) is 7.77. The van der Waals surface area contributed by atoms with Crippen molar-refractivity contribution in [2.45, 2.75) is 26.7 Å². The Hall–Kier alpha value is -2.63. The molecule has 1 aromatic heterocycles. The molecule has 2 N–H and O–H groups in total. The molecule has 120 valence electrons. The average Bonchev–Trinajstić information content (AvgIpc) is 2.87. The third kappa shape index (κ3) is 2.97. The molecule has 0 radical (unpaired) electrons. The zero-order chi connectivity index (χ0) is 16.4. The Bertz CT molecular complexity index is 704. The second-order valence-corrected chi connectivity index (χ2v) is 5.82. The molecule has 6 heteroatoms. The van der Waals surface area contributed by atoms with Gasteiger partial charge in [-0.15, -0.1) is 0 Å². The van der Waals surface area contributed by atoms with Crippen molar-refractivity contribution in [2.75, 3.05) is 16.8 Å². The number of rotatable bonds is 3. The molecule has 2 amide bonds. The van der Waals surface area contributed by atoms with Gasteiger partial charge in [0.15, 0.2) is 0 Å². The van der Waals surface area contributed by atoms with Gasteiger partial charge in [0.2, 0.25) is 11.8 Å². The first kappa shape index (κ1) is 15.3. The molecule has 3 rings (SSSR count). The van der Waals surface area contributed by atoms with E-state index in [0.717, 1.165) is 23.5 Å². The highest BCUT2D eigenvalue weighted by Crippen LogP contribution is 2.26. The van der Waals surface area contributed by atoms with Crippen LogP contribution in [0.2, 0.25) is 0 Å². The van der Waals surface area contributed by atoms with Gasteiger partial charge in [-0.05, 0) is 38.8 Å². The fraction of sp³-hybridized carbons (Fsp3) is 0.353. The number of carbonyl (C=O) groups excluding carboxylic acids is 2. The molecule has 0 spiro atoms. The third-order valence-electron chi connectivity index (χ3n) is 4.20. The number of amides is 2. The zero-order valence-electron chi connectivity index (χ0n) is 13.3. The van der Waals surface area contributed by atoms with Crippen LogP contribution in [0.3, 0.4) is 0 Å². The lowest BCUT2D eigenvalue weighted by atomic mass is 9.95. The van der Waals surface area contributed by atoms with Crippen LogP contribution in [-0.2, 0) is 9.59 Å². The normalized spacial score (nSPS) is 18.1. The first-order valence-electron chi connectivity index (χ1n) is 7.77. The molecular formula is C17H20N4O2. The number of hydrogen-bond donors (Lipinski definition) is 2. The van der Waals surface area contributed by atoms with Crippen molar-refractivity contribution in [3.8, 4) is 0 Å². The highest BCUT2D eigenvalue weighted by molar-refractivity contribution is 6.12. The summed E-state index contributed by atoms with van der Waals surface area (Å²) in [6.45, 7) is 4.31. The number of benzene rings is 1. The number of carbonyl (C=O) groups is 2. The summed E-state index contributed by atoms with van der Waals surface area (Å²) in [6.07, 6.45) is 1.38. The molecule has 1 unspecified atom stereocenters. The van der Waals surface area contributed by atoms with E-state index in [9.17, 15) is 9.59 Å². The molecule has 1 saturated heterocycles. The predicted octanol–water partition coefficient (Wildman–Crippen LogP) is 2.41. The summed E-state index contributed by atoms with van der Waals surface area (Å²) < 4.78 is 0. The second-order valence-electron chi connectivity index (χ2n) is 5.82. The second kappa shape index (κ2) is 6.24. The SMILES string of the molecule is Cc1n[nH]c(C)c1NC(=O)C1CCCN(c2ccccc2)C1=O. The van der Waals surface area contributed by atoms with Crippen molar-refractivity contribution in [1.29, 1.82) is 0 Å². The minimum absolute atomic E-state index is 0.140. The topological polar surface area (TPSA) is 78.1 Å². The van der Waals surface area contributed by atoms with Crippen LogP contribution in [-0.4, -0.2) is 28.6 Å². The highest BCUT2D eigenvalue weighted by atomic mass is 16.2. The number of para-hydroxylation sites is 1. The van der Waals surface area contributed by atoms with E-state index in [1.807, 2.05) is 44.2 Å². The summed E-state index contributed by atoms with van der Waals surface area (Å²) in [5, 5.41) is 9.74. The third-order valence-corrected chi connectivity index (χ3v) is 4.20. The number of aromatic nitrogens is 2. The van der Waals surface area contributed by atoms with Gasteiger partial charge in [0, 0.05) is 12.2 Å². The van der Waals surface area contributed by atoms with E-state index in [1.165, 1.54) is 0 Å². The van der Waals surface area contributed by atoms with Gasteiger partial charge >= 0.3 is 0 Å². The summed E-state index contributed by atoms with van der Waals surface area (Å²) in [6, 6.07) is 9.48. The van der Waals surface area contributed by atoms with Crippen LogP contribution in [0.1, 0.15) is 24.2 Å². The summed E-state index contributed by atoms with van der Waals surface area (Å²) in [4.78, 5) is 27.0. The number of anilines is 2. The molecule has 23 heavy (non-hydrogen) atoms. The highest BCUT2D eigenvalue weighted by Gasteiger charge is 2.35. The molecule has 2 aromatic rings. The van der Waals surface area contributed by atoms with E-state index in [1.54, 1.807) is 4.90 Å². The lowest BCUT2D eigenvalue weighted by molar-refractivity contribution is -0.132. The quantitative estimate of drug-likeness (QED) is 0.854. The zero-order valence-corrected chi connectivity index (χ0v) is 13.3. The maximum atomic E-state index is 12.7. The summed E-state index contributed by atoms with van der Waals surface area (Å²) in [5.74, 6) is -1.06. The molecule has 1 atom stereocenters. The van der Waals surface area contributed by atoms with Gasteiger partial charge in [0.1, 0.15) is 5.92 Å². The van der Waals surface area contributed by atoms with Gasteiger partial charge in [-0.2, -0.15) is 5.10 Å². The molecule has 1 aliphatic heterocycles. The van der Waals surface area contributed by atoms with Crippen LogP contribution in [0.4, 0.5) is 11.4 Å². The van der Waals surface area contributed by atoms with Crippen LogP contribution in [0, 0.1) is 19.8 Å². The molecular weight excluding hydrogens is 292 g/mol. The van der Waals surface area contributed by atoms with E-state index >= 15 is 0 Å². The van der Waals surface area contributed by atoms with Crippen LogP contribution < -0.4 is 10.2 Å². The van der Waals surface area contributed by atoms with Crippen molar-refractivity contribution in [2.24, 2.45) is 5.92 Å². The Labute approximate surface area is 134 Å². The van der Waals surface area contributed by atoms with Crippen molar-refractivity contribution in [1.82, 2.24) is 10.2 Å². The van der Waals surface area contributed by atoms with E-state index in [4.69, 9.17) is 0 Å². The smallest absolute Gasteiger partial charge is 0.239 e. The minimum atomic E-state index is -0.655. The fourth-order valence-corrected chi connectivity index (χ4v) is 2.93. The summed E-state index contributed by atoms with van der Waals surface area (Å²) >= 11 is 0. The Morgan fingerprint density at radius 2 is 2.04 bits per heavy atom. The number of aromatic amines is 1. The lowest BCUT2D eigenvalue weighted by Crippen LogP contribution is -2.46. The van der Waals surface area contributed by atoms with E-state index < -0.39 is 5.92 Å². The number of hydrogen-bond acceptors (Lipinski definition) is 3. The van der Waals surface area contributed by atoms with Gasteiger partial charge in [-0.1, -0.05) is 18.2 Å². The number of H-pyrrole nitrogens is 1. The molecule has 0 aliphatic carbocycles. The van der Waals surface area contributed by atoms with Gasteiger partial charge < -0.3 is 10.2 Å². The molecule has 2 heterocycles.